The van der Waals surface area contributed by atoms with Crippen LogP contribution in [0.3, 0.4) is 0 Å². The van der Waals surface area contributed by atoms with Gasteiger partial charge in [0.2, 0.25) is 0 Å². The minimum Gasteiger partial charge on any atom is -0.359 e. The molecule has 0 saturated carbocycles. The zero-order valence-corrected chi connectivity index (χ0v) is 14.1. The molecule has 25 heavy (non-hydrogen) atoms. The SMILES string of the molecule is Cc1cc2cc(CNC(=O)c3ccc(SC(F)(F)F)cc3)ccc2[nH]1. The van der Waals surface area contributed by atoms with E-state index in [9.17, 15) is 18.0 Å². The topological polar surface area (TPSA) is 44.9 Å². The maximum absolute atomic E-state index is 12.3. The van der Waals surface area contributed by atoms with Gasteiger partial charge in [-0.3, -0.25) is 4.79 Å². The van der Waals surface area contributed by atoms with Crippen molar-refractivity contribution in [3.8, 4) is 0 Å². The van der Waals surface area contributed by atoms with E-state index in [1.54, 1.807) is 0 Å². The molecule has 3 aromatic rings. The minimum atomic E-state index is -4.33. The highest BCUT2D eigenvalue weighted by Gasteiger charge is 2.29. The van der Waals surface area contributed by atoms with Crippen LogP contribution < -0.4 is 5.32 Å². The summed E-state index contributed by atoms with van der Waals surface area (Å²) in [5.74, 6) is -0.325. The lowest BCUT2D eigenvalue weighted by Gasteiger charge is -2.08. The van der Waals surface area contributed by atoms with Crippen molar-refractivity contribution < 1.29 is 18.0 Å². The third kappa shape index (κ3) is 4.57. The Morgan fingerprint density at radius 2 is 1.84 bits per heavy atom. The van der Waals surface area contributed by atoms with E-state index in [1.807, 2.05) is 31.2 Å². The third-order valence-electron chi connectivity index (χ3n) is 3.62. The number of amides is 1. The number of rotatable bonds is 4. The van der Waals surface area contributed by atoms with Crippen molar-refractivity contribution in [3.63, 3.8) is 0 Å². The zero-order valence-electron chi connectivity index (χ0n) is 13.3. The summed E-state index contributed by atoms with van der Waals surface area (Å²) >= 11 is -0.200. The van der Waals surface area contributed by atoms with Crippen molar-refractivity contribution in [2.45, 2.75) is 23.9 Å². The second-order valence-electron chi connectivity index (χ2n) is 5.63. The standard InChI is InChI=1S/C18H15F3N2OS/c1-11-8-14-9-12(2-7-16(14)23-11)10-22-17(24)13-3-5-15(6-4-13)25-18(19,20)21/h2-9,23H,10H2,1H3,(H,22,24). The van der Waals surface area contributed by atoms with Gasteiger partial charge in [-0.2, -0.15) is 13.2 Å². The Balaban J connectivity index is 1.63. The molecule has 0 unspecified atom stereocenters. The summed E-state index contributed by atoms with van der Waals surface area (Å²) in [7, 11) is 0. The predicted molar refractivity (Wildman–Crippen MR) is 92.6 cm³/mol. The number of H-pyrrole nitrogens is 1. The molecule has 1 aromatic heterocycles. The van der Waals surface area contributed by atoms with Crippen LogP contribution in [-0.2, 0) is 6.54 Å². The Hall–Kier alpha value is -2.41. The summed E-state index contributed by atoms with van der Waals surface area (Å²) in [5.41, 5.74) is -0.966. The largest absolute Gasteiger partial charge is 0.446 e. The molecule has 0 bridgehead atoms. The first-order valence-electron chi connectivity index (χ1n) is 7.52. The van der Waals surface area contributed by atoms with Crippen molar-refractivity contribution in [1.29, 1.82) is 0 Å². The lowest BCUT2D eigenvalue weighted by atomic mass is 10.1. The Kier molecular flexibility index (Phi) is 4.76. The summed E-state index contributed by atoms with van der Waals surface area (Å²) in [6, 6.07) is 13.3. The fraction of sp³-hybridized carbons (Fsp3) is 0.167. The molecule has 1 amide bonds. The van der Waals surface area contributed by atoms with Crippen molar-refractivity contribution >= 4 is 28.6 Å². The van der Waals surface area contributed by atoms with Gasteiger partial charge in [0.1, 0.15) is 0 Å². The van der Waals surface area contributed by atoms with E-state index in [1.165, 1.54) is 24.3 Å². The van der Waals surface area contributed by atoms with Crippen molar-refractivity contribution in [3.05, 3.63) is 65.4 Å². The van der Waals surface area contributed by atoms with Gasteiger partial charge in [0.05, 0.1) is 0 Å². The van der Waals surface area contributed by atoms with Gasteiger partial charge in [-0.15, -0.1) is 0 Å². The van der Waals surface area contributed by atoms with Crippen molar-refractivity contribution in [2.75, 3.05) is 0 Å². The number of aromatic amines is 1. The normalized spacial score (nSPS) is 11.7. The molecule has 0 atom stereocenters. The molecular weight excluding hydrogens is 349 g/mol. The number of carbonyl (C=O) groups is 1. The molecule has 0 saturated heterocycles. The summed E-state index contributed by atoms with van der Waals surface area (Å²) < 4.78 is 36.9. The summed E-state index contributed by atoms with van der Waals surface area (Å²) in [6.07, 6.45) is 0. The van der Waals surface area contributed by atoms with Gasteiger partial charge in [0.25, 0.3) is 5.91 Å². The number of nitrogens with one attached hydrogen (secondary N) is 2. The van der Waals surface area contributed by atoms with E-state index in [4.69, 9.17) is 0 Å². The molecule has 0 aliphatic heterocycles. The number of alkyl halides is 3. The van der Waals surface area contributed by atoms with Crippen LogP contribution in [0.5, 0.6) is 0 Å². The zero-order chi connectivity index (χ0) is 18.0. The summed E-state index contributed by atoms with van der Waals surface area (Å²) in [4.78, 5) is 15.4. The average Bonchev–Trinajstić information content (AvgIpc) is 2.91. The van der Waals surface area contributed by atoms with Crippen LogP contribution in [-0.4, -0.2) is 16.4 Å². The van der Waals surface area contributed by atoms with E-state index >= 15 is 0 Å². The Bertz CT molecular complexity index is 901. The van der Waals surface area contributed by atoms with Gasteiger partial charge >= 0.3 is 5.51 Å². The van der Waals surface area contributed by atoms with E-state index < -0.39 is 5.51 Å². The highest BCUT2D eigenvalue weighted by Crippen LogP contribution is 2.36. The van der Waals surface area contributed by atoms with Gasteiger partial charge < -0.3 is 10.3 Å². The van der Waals surface area contributed by atoms with Gasteiger partial charge in [-0.05, 0) is 72.1 Å². The van der Waals surface area contributed by atoms with Crippen molar-refractivity contribution in [2.24, 2.45) is 0 Å². The van der Waals surface area contributed by atoms with Crippen LogP contribution in [0.2, 0.25) is 0 Å². The molecular formula is C18H15F3N2OS. The van der Waals surface area contributed by atoms with Crippen LogP contribution in [0.1, 0.15) is 21.6 Å². The fourth-order valence-electron chi connectivity index (χ4n) is 2.53. The molecule has 1 heterocycles. The minimum absolute atomic E-state index is 0.0531. The first kappa shape index (κ1) is 17.4. The highest BCUT2D eigenvalue weighted by atomic mass is 32.2. The molecule has 0 fully saturated rings. The summed E-state index contributed by atoms with van der Waals surface area (Å²) in [6.45, 7) is 2.32. The van der Waals surface area contributed by atoms with Gasteiger partial charge in [-0.25, -0.2) is 0 Å². The van der Waals surface area contributed by atoms with Crippen LogP contribution >= 0.6 is 11.8 Å². The van der Waals surface area contributed by atoms with Crippen LogP contribution in [0.25, 0.3) is 10.9 Å². The number of halogens is 3. The number of benzene rings is 2. The Morgan fingerprint density at radius 3 is 2.52 bits per heavy atom. The molecule has 2 aromatic carbocycles. The number of aryl methyl sites for hydroxylation is 1. The number of hydrogen-bond donors (Lipinski definition) is 2. The Labute approximate surface area is 146 Å². The third-order valence-corrected chi connectivity index (χ3v) is 4.36. The maximum atomic E-state index is 12.3. The maximum Gasteiger partial charge on any atom is 0.446 e. The second-order valence-corrected chi connectivity index (χ2v) is 6.77. The first-order chi connectivity index (χ1) is 11.8. The van der Waals surface area contributed by atoms with E-state index in [0.29, 0.717) is 12.1 Å². The van der Waals surface area contributed by atoms with Crippen LogP contribution in [0.4, 0.5) is 13.2 Å². The lowest BCUT2D eigenvalue weighted by Crippen LogP contribution is -2.22. The predicted octanol–water partition coefficient (Wildman–Crippen LogP) is 5.02. The number of aromatic nitrogens is 1. The van der Waals surface area contributed by atoms with Gasteiger partial charge in [0.15, 0.2) is 0 Å². The molecule has 0 aliphatic rings. The summed E-state index contributed by atoms with van der Waals surface area (Å²) in [5, 5.41) is 3.84. The highest BCUT2D eigenvalue weighted by molar-refractivity contribution is 8.00. The quantitative estimate of drug-likeness (QED) is 0.639. The van der Waals surface area contributed by atoms with E-state index in [-0.39, 0.29) is 22.6 Å². The smallest absolute Gasteiger partial charge is 0.359 e. The monoisotopic (exact) mass is 364 g/mol. The average molecular weight is 364 g/mol. The molecule has 3 rings (SSSR count). The molecule has 2 N–H and O–H groups in total. The number of thioether (sulfide) groups is 1. The van der Waals surface area contributed by atoms with E-state index in [0.717, 1.165) is 22.2 Å². The van der Waals surface area contributed by atoms with Gasteiger partial charge in [0, 0.05) is 28.2 Å². The molecule has 130 valence electrons. The lowest BCUT2D eigenvalue weighted by molar-refractivity contribution is -0.0328. The molecule has 0 aliphatic carbocycles. The number of fused-ring (bicyclic) bond motifs is 1. The first-order valence-corrected chi connectivity index (χ1v) is 8.34. The Morgan fingerprint density at radius 1 is 1.12 bits per heavy atom. The fourth-order valence-corrected chi connectivity index (χ4v) is 3.07. The molecule has 3 nitrogen and oxygen atoms in total. The van der Waals surface area contributed by atoms with Crippen molar-refractivity contribution in [1.82, 2.24) is 10.3 Å². The molecule has 0 radical (unpaired) electrons. The van der Waals surface area contributed by atoms with E-state index in [2.05, 4.69) is 10.3 Å². The number of carbonyl (C=O) groups excluding carboxylic acids is 1. The molecule has 0 spiro atoms. The molecule has 7 heteroatoms. The number of hydrogen-bond acceptors (Lipinski definition) is 2. The van der Waals surface area contributed by atoms with Gasteiger partial charge in [-0.1, -0.05) is 6.07 Å². The van der Waals surface area contributed by atoms with Crippen LogP contribution in [0.15, 0.2) is 53.4 Å². The second kappa shape index (κ2) is 6.84. The van der Waals surface area contributed by atoms with Crippen LogP contribution in [0, 0.1) is 6.92 Å².